The number of fused-ring (bicyclic) bond motifs is 1. The number of allylic oxidation sites excluding steroid dienone is 1. The molecule has 0 amide bonds. The number of nitrogens with zero attached hydrogens (tertiary/aromatic N) is 2. The summed E-state index contributed by atoms with van der Waals surface area (Å²) < 4.78 is 13.6. The molecule has 0 unspecified atom stereocenters. The molecule has 19 heavy (non-hydrogen) atoms. The van der Waals surface area contributed by atoms with Crippen molar-refractivity contribution in [3.63, 3.8) is 0 Å². The highest BCUT2D eigenvalue weighted by Crippen LogP contribution is 2.19. The Kier molecular flexibility index (Phi) is 4.87. The molecular weight excluding hydrogens is 253 g/mol. The lowest BCUT2D eigenvalue weighted by Crippen LogP contribution is -1.92. The first-order chi connectivity index (χ1) is 8.99. The molecule has 0 atom stereocenters. The van der Waals surface area contributed by atoms with Gasteiger partial charge in [0.15, 0.2) is 11.1 Å². The van der Waals surface area contributed by atoms with Crippen molar-refractivity contribution in [1.29, 1.82) is 0 Å². The Bertz CT molecular complexity index is 634. The second-order valence-corrected chi connectivity index (χ2v) is 3.80. The van der Waals surface area contributed by atoms with Gasteiger partial charge in [-0.1, -0.05) is 0 Å². The van der Waals surface area contributed by atoms with Crippen LogP contribution in [-0.2, 0) is 4.79 Å². The normalized spacial score (nSPS) is 10.8. The van der Waals surface area contributed by atoms with Crippen molar-refractivity contribution in [1.82, 2.24) is 10.2 Å². The molecule has 0 spiro atoms. The van der Waals surface area contributed by atoms with Crippen LogP contribution < -0.4 is 0 Å². The maximum atomic E-state index is 13.6. The number of hydrogen-bond acceptors (Lipinski definition) is 4. The predicted octanol–water partition coefficient (Wildman–Crippen LogP) is 2.84. The molecule has 1 aromatic carbocycles. The number of aromatic nitrogens is 2. The lowest BCUT2D eigenvalue weighted by atomic mass is 10.1. The number of Topliss-reactive ketones (excluding diaryl/α,β-unsaturated/α-hetero) is 1. The van der Waals surface area contributed by atoms with Crippen molar-refractivity contribution in [2.45, 2.75) is 13.8 Å². The molecule has 0 bridgehead atoms. The number of carbonyl (C=O) groups excluding carboxylic acids is 1. The Labute approximate surface area is 107 Å². The van der Waals surface area contributed by atoms with Gasteiger partial charge in [0.2, 0.25) is 0 Å². The number of halogens is 1. The van der Waals surface area contributed by atoms with E-state index in [2.05, 4.69) is 10.2 Å². The third-order valence-electron chi connectivity index (χ3n) is 2.48. The monoisotopic (exact) mass is 265 g/mol. The fourth-order valence-corrected chi connectivity index (χ4v) is 1.43. The number of nitrogens with one attached hydrogen (secondary N) is 1. The molecule has 2 N–H and O–H groups in total. The lowest BCUT2D eigenvalue weighted by Gasteiger charge is -1.99. The largest absolute Gasteiger partial charge is 0.379 e. The zero-order valence-electron chi connectivity index (χ0n) is 10.3. The van der Waals surface area contributed by atoms with Gasteiger partial charge >= 0.3 is 0 Å². The minimum absolute atomic E-state index is 0.0632. The Morgan fingerprint density at radius 1 is 1.47 bits per heavy atom. The number of benzene rings is 1. The molecule has 0 fully saturated rings. The van der Waals surface area contributed by atoms with Gasteiger partial charge in [0, 0.05) is 17.0 Å². The van der Waals surface area contributed by atoms with E-state index in [0.717, 1.165) is 5.39 Å². The summed E-state index contributed by atoms with van der Waals surface area (Å²) in [5, 5.41) is 15.2. The molecule has 0 aliphatic heterocycles. The zero-order chi connectivity index (χ0) is 14.4. The topological polar surface area (TPSA) is 95.4 Å². The minimum atomic E-state index is -0.364. The summed E-state index contributed by atoms with van der Waals surface area (Å²) in [5.41, 5.74) is 1.58. The lowest BCUT2D eigenvalue weighted by molar-refractivity contribution is -0.113. The Balaban J connectivity index is 0.000000550. The molecule has 1 heterocycles. The van der Waals surface area contributed by atoms with Crippen molar-refractivity contribution in [2.24, 2.45) is 5.34 Å². The maximum Gasteiger partial charge on any atom is 0.155 e. The van der Waals surface area contributed by atoms with E-state index in [1.807, 2.05) is 0 Å². The van der Waals surface area contributed by atoms with Crippen molar-refractivity contribution in [3.8, 4) is 0 Å². The van der Waals surface area contributed by atoms with Gasteiger partial charge in [-0.15, -0.1) is 4.91 Å². The smallest absolute Gasteiger partial charge is 0.155 e. The summed E-state index contributed by atoms with van der Waals surface area (Å²) in [4.78, 5) is 19.2. The third kappa shape index (κ3) is 3.70. The number of H-pyrrole nitrogens is 1. The average molecular weight is 265 g/mol. The summed E-state index contributed by atoms with van der Waals surface area (Å²) in [6.45, 7) is 3.13. The molecule has 0 aliphatic rings. The van der Waals surface area contributed by atoms with Crippen molar-refractivity contribution < 1.29 is 14.4 Å². The van der Waals surface area contributed by atoms with Gasteiger partial charge in [0.25, 0.3) is 0 Å². The zero-order valence-corrected chi connectivity index (χ0v) is 10.3. The second kappa shape index (κ2) is 6.39. The summed E-state index contributed by atoms with van der Waals surface area (Å²) in [5.74, 6) is -0.427. The molecular formula is C12H12FN3O3. The molecule has 7 heteroatoms. The Hall–Kier alpha value is -2.57. The number of rotatable bonds is 2. The van der Waals surface area contributed by atoms with E-state index in [4.69, 9.17) is 10.1 Å². The van der Waals surface area contributed by atoms with Crippen LogP contribution in [-0.4, -0.2) is 21.2 Å². The van der Waals surface area contributed by atoms with Gasteiger partial charge in [-0.05, 0) is 31.6 Å². The number of ketones is 1. The summed E-state index contributed by atoms with van der Waals surface area (Å²) >= 11 is 0. The first kappa shape index (κ1) is 14.5. The molecule has 6 nitrogen and oxygen atoms in total. The fraction of sp³-hybridized carbons (Fsp3) is 0.167. The van der Waals surface area contributed by atoms with Crippen molar-refractivity contribution in [3.05, 3.63) is 40.2 Å². The quantitative estimate of drug-likeness (QED) is 0.495. The molecule has 2 aromatic rings. The molecule has 100 valence electrons. The fourth-order valence-electron chi connectivity index (χ4n) is 1.43. The highest BCUT2D eigenvalue weighted by atomic mass is 19.1. The average Bonchev–Trinajstić information content (AvgIpc) is 2.77. The number of aromatic amines is 1. The number of hydrogen-bond donors (Lipinski definition) is 2. The van der Waals surface area contributed by atoms with E-state index in [9.17, 15) is 9.18 Å². The minimum Gasteiger partial charge on any atom is -0.379 e. The van der Waals surface area contributed by atoms with Gasteiger partial charge in [0.1, 0.15) is 5.82 Å². The maximum absolute atomic E-state index is 13.6. The van der Waals surface area contributed by atoms with Crippen LogP contribution in [0.4, 0.5) is 4.39 Å². The van der Waals surface area contributed by atoms with Crippen LogP contribution in [0.15, 0.2) is 29.2 Å². The first-order valence-electron chi connectivity index (χ1n) is 5.28. The molecule has 2 rings (SSSR count). The molecule has 0 saturated heterocycles. The van der Waals surface area contributed by atoms with E-state index >= 15 is 0 Å². The standard InChI is InChI=1S/C12H11FN2O.HNO2/c1-7(8(2)16)3-9-4-10-6-14-15-12(10)5-11(9)13;2-1-3/h3-6H,1-2H3,(H,14,15);(H,2,3)/b7-3+;. The molecule has 0 radical (unpaired) electrons. The highest BCUT2D eigenvalue weighted by molar-refractivity contribution is 5.97. The van der Waals surface area contributed by atoms with Crippen molar-refractivity contribution in [2.75, 3.05) is 0 Å². The molecule has 0 aliphatic carbocycles. The highest BCUT2D eigenvalue weighted by Gasteiger charge is 2.05. The van der Waals surface area contributed by atoms with Crippen LogP contribution in [0.1, 0.15) is 19.4 Å². The third-order valence-corrected chi connectivity index (χ3v) is 2.48. The Morgan fingerprint density at radius 3 is 2.68 bits per heavy atom. The van der Waals surface area contributed by atoms with Gasteiger partial charge in [-0.25, -0.2) is 4.39 Å². The predicted molar refractivity (Wildman–Crippen MR) is 68.0 cm³/mol. The van der Waals surface area contributed by atoms with Gasteiger partial charge in [0.05, 0.1) is 11.7 Å². The van der Waals surface area contributed by atoms with Crippen LogP contribution in [0.25, 0.3) is 17.0 Å². The van der Waals surface area contributed by atoms with E-state index < -0.39 is 0 Å². The summed E-state index contributed by atoms with van der Waals surface area (Å²) in [6.07, 6.45) is 3.17. The summed E-state index contributed by atoms with van der Waals surface area (Å²) in [7, 11) is 0. The molecule has 1 aromatic heterocycles. The molecule has 0 saturated carbocycles. The second-order valence-electron chi connectivity index (χ2n) is 3.80. The summed E-state index contributed by atoms with van der Waals surface area (Å²) in [6, 6.07) is 3.04. The van der Waals surface area contributed by atoms with E-state index in [1.54, 1.807) is 25.3 Å². The van der Waals surface area contributed by atoms with Gasteiger partial charge in [-0.3, -0.25) is 9.89 Å². The number of carbonyl (C=O) groups is 1. The van der Waals surface area contributed by atoms with E-state index in [0.29, 0.717) is 16.7 Å². The van der Waals surface area contributed by atoms with Crippen LogP contribution >= 0.6 is 0 Å². The van der Waals surface area contributed by atoms with Crippen LogP contribution in [0.5, 0.6) is 0 Å². The van der Waals surface area contributed by atoms with Gasteiger partial charge in [-0.2, -0.15) is 5.10 Å². The van der Waals surface area contributed by atoms with Crippen LogP contribution in [0.2, 0.25) is 0 Å². The van der Waals surface area contributed by atoms with Crippen molar-refractivity contribution >= 4 is 22.8 Å². The van der Waals surface area contributed by atoms with E-state index in [-0.39, 0.29) is 11.6 Å². The first-order valence-corrected chi connectivity index (χ1v) is 5.28. The Morgan fingerprint density at radius 2 is 2.11 bits per heavy atom. The van der Waals surface area contributed by atoms with Crippen LogP contribution in [0, 0.1) is 10.7 Å². The van der Waals surface area contributed by atoms with E-state index in [1.165, 1.54) is 18.3 Å². The van der Waals surface area contributed by atoms with Crippen LogP contribution in [0.3, 0.4) is 0 Å². The van der Waals surface area contributed by atoms with Gasteiger partial charge < -0.3 is 5.21 Å². The SMILES string of the molecule is CC(=O)/C(C)=C/c1cc2cn[nH]c2cc1F.O=NO.